The second kappa shape index (κ2) is 6.67. The number of hydrogen-bond donors (Lipinski definition) is 1. The summed E-state index contributed by atoms with van der Waals surface area (Å²) in [6.45, 7) is 9.24. The topological polar surface area (TPSA) is 12.0 Å². The molecular weight excluding hydrogens is 158 g/mol. The quantitative estimate of drug-likeness (QED) is 0.735. The van der Waals surface area contributed by atoms with E-state index in [2.05, 4.69) is 37.4 Å². The highest BCUT2D eigenvalue weighted by atomic mass is 14.8. The molecule has 1 rings (SSSR count). The van der Waals surface area contributed by atoms with Crippen LogP contribution in [0.4, 0.5) is 0 Å². The van der Waals surface area contributed by atoms with Crippen molar-refractivity contribution in [3.63, 3.8) is 0 Å². The van der Waals surface area contributed by atoms with Gasteiger partial charge in [-0.25, -0.2) is 0 Å². The van der Waals surface area contributed by atoms with E-state index in [0.29, 0.717) is 0 Å². The molecule has 1 aromatic rings. The Hall–Kier alpha value is -0.820. The zero-order valence-corrected chi connectivity index (χ0v) is 9.44. The Kier molecular flexibility index (Phi) is 6.25. The Bertz CT molecular complexity index is 241. The molecule has 0 atom stereocenters. The van der Waals surface area contributed by atoms with Crippen LogP contribution in [-0.4, -0.2) is 7.05 Å². The smallest absolute Gasteiger partial charge is 0.0202 e. The third-order valence-corrected chi connectivity index (χ3v) is 1.95. The van der Waals surface area contributed by atoms with Gasteiger partial charge in [0.1, 0.15) is 0 Å². The van der Waals surface area contributed by atoms with Gasteiger partial charge in [-0.15, -0.1) is 0 Å². The summed E-state index contributed by atoms with van der Waals surface area (Å²) in [5, 5.41) is 3.13. The summed E-state index contributed by atoms with van der Waals surface area (Å²) in [5.74, 6) is 0. The number of aryl methyl sites for hydroxylation is 2. The summed E-state index contributed by atoms with van der Waals surface area (Å²) in [7, 11) is 1.97. The maximum absolute atomic E-state index is 3.13. The Morgan fingerprint density at radius 1 is 1.08 bits per heavy atom. The van der Waals surface area contributed by atoms with E-state index in [9.17, 15) is 0 Å². The Morgan fingerprint density at radius 3 is 2.15 bits per heavy atom. The predicted octanol–water partition coefficient (Wildman–Crippen LogP) is 3.05. The molecule has 1 N–H and O–H groups in total. The van der Waals surface area contributed by atoms with Crippen LogP contribution >= 0.6 is 0 Å². The van der Waals surface area contributed by atoms with Gasteiger partial charge >= 0.3 is 0 Å². The van der Waals surface area contributed by atoms with Gasteiger partial charge in [-0.2, -0.15) is 0 Å². The van der Waals surface area contributed by atoms with Crippen LogP contribution in [-0.2, 0) is 6.54 Å². The molecule has 0 saturated carbocycles. The van der Waals surface area contributed by atoms with Crippen LogP contribution in [0.25, 0.3) is 0 Å². The van der Waals surface area contributed by atoms with E-state index in [-0.39, 0.29) is 0 Å². The summed E-state index contributed by atoms with van der Waals surface area (Å²) in [5.41, 5.74) is 4.10. The molecule has 0 heterocycles. The summed E-state index contributed by atoms with van der Waals surface area (Å²) in [4.78, 5) is 0. The van der Waals surface area contributed by atoms with Gasteiger partial charge in [0.15, 0.2) is 0 Å². The first-order chi connectivity index (χ1) is 6.24. The molecule has 1 heteroatoms. The molecule has 0 aliphatic heterocycles. The zero-order chi connectivity index (χ0) is 10.3. The molecule has 0 saturated heterocycles. The highest BCUT2D eigenvalue weighted by Crippen LogP contribution is 2.08. The third-order valence-electron chi connectivity index (χ3n) is 1.95. The number of hydrogen-bond acceptors (Lipinski definition) is 1. The Morgan fingerprint density at radius 2 is 1.69 bits per heavy atom. The van der Waals surface area contributed by atoms with Crippen LogP contribution in [0, 0.1) is 13.8 Å². The molecule has 74 valence electrons. The molecule has 0 amide bonds. The molecule has 0 radical (unpaired) electrons. The van der Waals surface area contributed by atoms with Crippen LogP contribution in [0.15, 0.2) is 18.2 Å². The fourth-order valence-corrected chi connectivity index (χ4v) is 1.12. The third kappa shape index (κ3) is 4.09. The van der Waals surface area contributed by atoms with Gasteiger partial charge in [-0.3, -0.25) is 0 Å². The van der Waals surface area contributed by atoms with Crippen molar-refractivity contribution in [1.82, 2.24) is 5.32 Å². The lowest BCUT2D eigenvalue weighted by atomic mass is 10.1. The Balaban J connectivity index is 0.000000671. The van der Waals surface area contributed by atoms with E-state index in [1.54, 1.807) is 0 Å². The molecule has 0 bridgehead atoms. The lowest BCUT2D eigenvalue weighted by Crippen LogP contribution is -2.05. The normalized spacial score (nSPS) is 9.00. The molecule has 1 nitrogen and oxygen atoms in total. The van der Waals surface area contributed by atoms with E-state index in [0.717, 1.165) is 6.54 Å². The minimum atomic E-state index is 0.959. The fourth-order valence-electron chi connectivity index (χ4n) is 1.12. The zero-order valence-electron chi connectivity index (χ0n) is 9.44. The van der Waals surface area contributed by atoms with Gasteiger partial charge in [0.05, 0.1) is 0 Å². The molecule has 0 spiro atoms. The lowest BCUT2D eigenvalue weighted by molar-refractivity contribution is 0.816. The number of rotatable bonds is 2. The van der Waals surface area contributed by atoms with Gasteiger partial charge < -0.3 is 5.32 Å². The first-order valence-corrected chi connectivity index (χ1v) is 4.95. The van der Waals surface area contributed by atoms with Crippen LogP contribution < -0.4 is 5.32 Å². The highest BCUT2D eigenvalue weighted by Gasteiger charge is 1.93. The molecule has 0 unspecified atom stereocenters. The summed E-state index contributed by atoms with van der Waals surface area (Å²) >= 11 is 0. The van der Waals surface area contributed by atoms with Crippen molar-refractivity contribution in [2.75, 3.05) is 7.05 Å². The van der Waals surface area contributed by atoms with Crippen molar-refractivity contribution in [1.29, 1.82) is 0 Å². The first-order valence-electron chi connectivity index (χ1n) is 4.95. The number of nitrogens with one attached hydrogen (secondary N) is 1. The van der Waals surface area contributed by atoms with Crippen LogP contribution in [0.3, 0.4) is 0 Å². The average Bonchev–Trinajstić information content (AvgIpc) is 2.15. The molecule has 1 aromatic carbocycles. The van der Waals surface area contributed by atoms with Crippen LogP contribution in [0.1, 0.15) is 30.5 Å². The van der Waals surface area contributed by atoms with Gasteiger partial charge in [-0.1, -0.05) is 32.0 Å². The van der Waals surface area contributed by atoms with E-state index in [4.69, 9.17) is 0 Å². The van der Waals surface area contributed by atoms with Gasteiger partial charge in [0, 0.05) is 6.54 Å². The van der Waals surface area contributed by atoms with Crippen molar-refractivity contribution >= 4 is 0 Å². The summed E-state index contributed by atoms with van der Waals surface area (Å²) in [6.07, 6.45) is 0. The summed E-state index contributed by atoms with van der Waals surface area (Å²) in [6, 6.07) is 6.56. The van der Waals surface area contributed by atoms with Crippen molar-refractivity contribution in [3.05, 3.63) is 34.9 Å². The Labute approximate surface area is 82.2 Å². The molecule has 0 fully saturated rings. The van der Waals surface area contributed by atoms with Crippen molar-refractivity contribution in [3.8, 4) is 0 Å². The maximum Gasteiger partial charge on any atom is 0.0202 e. The van der Waals surface area contributed by atoms with Gasteiger partial charge in [0.25, 0.3) is 0 Å². The molecule has 0 aromatic heterocycles. The largest absolute Gasteiger partial charge is 0.316 e. The minimum Gasteiger partial charge on any atom is -0.316 e. The standard InChI is InChI=1S/C10H15N.C2H6/c1-8-4-5-10(7-11-3)6-9(8)2;1-2/h4-6,11H,7H2,1-3H3;1-2H3. The van der Waals surface area contributed by atoms with E-state index in [1.807, 2.05) is 20.9 Å². The fraction of sp³-hybridized carbons (Fsp3) is 0.500. The van der Waals surface area contributed by atoms with Crippen molar-refractivity contribution in [2.24, 2.45) is 0 Å². The maximum atomic E-state index is 3.13. The predicted molar refractivity (Wildman–Crippen MR) is 60.0 cm³/mol. The second-order valence-electron chi connectivity index (χ2n) is 2.95. The van der Waals surface area contributed by atoms with E-state index < -0.39 is 0 Å². The van der Waals surface area contributed by atoms with Crippen molar-refractivity contribution in [2.45, 2.75) is 34.2 Å². The minimum absolute atomic E-state index is 0.959. The molecular formula is C12H21N. The molecule has 13 heavy (non-hydrogen) atoms. The average molecular weight is 179 g/mol. The molecule has 0 aliphatic carbocycles. The van der Waals surface area contributed by atoms with Crippen LogP contribution in [0.5, 0.6) is 0 Å². The molecule has 0 aliphatic rings. The SMILES string of the molecule is CC.CNCc1ccc(C)c(C)c1. The number of benzene rings is 1. The highest BCUT2D eigenvalue weighted by molar-refractivity contribution is 5.29. The summed E-state index contributed by atoms with van der Waals surface area (Å²) < 4.78 is 0. The van der Waals surface area contributed by atoms with E-state index in [1.165, 1.54) is 16.7 Å². The van der Waals surface area contributed by atoms with Crippen molar-refractivity contribution < 1.29 is 0 Å². The monoisotopic (exact) mass is 179 g/mol. The van der Waals surface area contributed by atoms with E-state index >= 15 is 0 Å². The lowest BCUT2D eigenvalue weighted by Gasteiger charge is -2.03. The second-order valence-corrected chi connectivity index (χ2v) is 2.95. The van der Waals surface area contributed by atoms with Crippen LogP contribution in [0.2, 0.25) is 0 Å². The van der Waals surface area contributed by atoms with Gasteiger partial charge in [0.2, 0.25) is 0 Å². The first kappa shape index (κ1) is 12.2. The van der Waals surface area contributed by atoms with Gasteiger partial charge in [-0.05, 0) is 37.6 Å².